The van der Waals surface area contributed by atoms with Crippen LogP contribution in [-0.2, 0) is 6.18 Å². The minimum atomic E-state index is -4.64. The molecule has 0 unspecified atom stereocenters. The maximum Gasteiger partial charge on any atom is 0.418 e. The fourth-order valence-corrected chi connectivity index (χ4v) is 2.43. The standard InChI is InChI=1S/C19H14F3N3O2/c1-12-6-8-13(9-7-12)25-11-10-16(26)17(24-25)18(27)23-15-5-3-2-4-14(15)19(20,21)22/h2-11H,1H3,(H,23,27). The highest BCUT2D eigenvalue weighted by atomic mass is 19.4. The number of alkyl halides is 3. The third kappa shape index (κ3) is 4.05. The van der Waals surface area contributed by atoms with Gasteiger partial charge in [-0.3, -0.25) is 9.59 Å². The minimum absolute atomic E-state index is 0.443. The van der Waals surface area contributed by atoms with E-state index >= 15 is 0 Å². The first-order valence-corrected chi connectivity index (χ1v) is 7.90. The molecule has 138 valence electrons. The third-order valence-corrected chi connectivity index (χ3v) is 3.80. The predicted octanol–water partition coefficient (Wildman–Crippen LogP) is 3.81. The van der Waals surface area contributed by atoms with Gasteiger partial charge in [0.05, 0.1) is 16.9 Å². The lowest BCUT2D eigenvalue weighted by Gasteiger charge is -2.13. The largest absolute Gasteiger partial charge is 0.418 e. The fourth-order valence-electron chi connectivity index (χ4n) is 2.43. The summed E-state index contributed by atoms with van der Waals surface area (Å²) in [6.45, 7) is 1.90. The maximum absolute atomic E-state index is 13.1. The van der Waals surface area contributed by atoms with Crippen LogP contribution in [-0.4, -0.2) is 15.7 Å². The van der Waals surface area contributed by atoms with Crippen LogP contribution in [0.15, 0.2) is 65.6 Å². The monoisotopic (exact) mass is 373 g/mol. The Hall–Kier alpha value is -3.42. The van der Waals surface area contributed by atoms with E-state index in [4.69, 9.17) is 0 Å². The summed E-state index contributed by atoms with van der Waals surface area (Å²) in [5.74, 6) is -1.02. The molecular formula is C19H14F3N3O2. The molecule has 0 saturated heterocycles. The molecule has 0 aliphatic heterocycles. The highest BCUT2D eigenvalue weighted by molar-refractivity contribution is 6.03. The first kappa shape index (κ1) is 18.4. The Balaban J connectivity index is 1.95. The van der Waals surface area contributed by atoms with Crippen molar-refractivity contribution in [3.05, 3.63) is 87.8 Å². The van der Waals surface area contributed by atoms with E-state index in [9.17, 15) is 22.8 Å². The van der Waals surface area contributed by atoms with Gasteiger partial charge >= 0.3 is 6.18 Å². The minimum Gasteiger partial charge on any atom is -0.320 e. The highest BCUT2D eigenvalue weighted by Crippen LogP contribution is 2.34. The summed E-state index contributed by atoms with van der Waals surface area (Å²) < 4.78 is 40.5. The summed E-state index contributed by atoms with van der Waals surface area (Å²) in [7, 11) is 0. The van der Waals surface area contributed by atoms with E-state index in [2.05, 4.69) is 10.4 Å². The lowest BCUT2D eigenvalue weighted by molar-refractivity contribution is -0.136. The van der Waals surface area contributed by atoms with Crippen LogP contribution in [0.1, 0.15) is 21.6 Å². The number of para-hydroxylation sites is 1. The van der Waals surface area contributed by atoms with Crippen molar-refractivity contribution in [2.24, 2.45) is 0 Å². The second-order valence-electron chi connectivity index (χ2n) is 5.81. The summed E-state index contributed by atoms with van der Waals surface area (Å²) >= 11 is 0. The van der Waals surface area contributed by atoms with E-state index in [0.717, 1.165) is 23.8 Å². The molecule has 2 aromatic carbocycles. The van der Waals surface area contributed by atoms with Gasteiger partial charge in [0.1, 0.15) is 0 Å². The van der Waals surface area contributed by atoms with Crippen molar-refractivity contribution in [3.63, 3.8) is 0 Å². The van der Waals surface area contributed by atoms with Gasteiger partial charge in [-0.25, -0.2) is 4.68 Å². The number of anilines is 1. The van der Waals surface area contributed by atoms with E-state index in [-0.39, 0.29) is 0 Å². The van der Waals surface area contributed by atoms with Crippen molar-refractivity contribution in [1.29, 1.82) is 0 Å². The number of hydrogen-bond acceptors (Lipinski definition) is 3. The van der Waals surface area contributed by atoms with Crippen LogP contribution in [0, 0.1) is 6.92 Å². The van der Waals surface area contributed by atoms with Crippen LogP contribution in [0.5, 0.6) is 0 Å². The SMILES string of the molecule is Cc1ccc(-n2ccc(=O)c(C(=O)Nc3ccccc3C(F)(F)F)n2)cc1. The normalized spacial score (nSPS) is 11.3. The number of carbonyl (C=O) groups is 1. The van der Waals surface area contributed by atoms with Gasteiger partial charge in [0.2, 0.25) is 5.43 Å². The Morgan fingerprint density at radius 2 is 1.70 bits per heavy atom. The molecule has 0 saturated carbocycles. The second kappa shape index (κ2) is 7.06. The van der Waals surface area contributed by atoms with Crippen LogP contribution >= 0.6 is 0 Å². The van der Waals surface area contributed by atoms with E-state index in [1.165, 1.54) is 23.0 Å². The Morgan fingerprint density at radius 1 is 1.04 bits per heavy atom. The molecule has 5 nitrogen and oxygen atoms in total. The molecular weight excluding hydrogens is 359 g/mol. The molecule has 3 rings (SSSR count). The van der Waals surface area contributed by atoms with Crippen LogP contribution in [0.25, 0.3) is 5.69 Å². The lowest BCUT2D eigenvalue weighted by atomic mass is 10.1. The van der Waals surface area contributed by atoms with Crippen LogP contribution in [0.4, 0.5) is 18.9 Å². The zero-order valence-corrected chi connectivity index (χ0v) is 14.1. The molecule has 27 heavy (non-hydrogen) atoms. The number of nitrogens with zero attached hydrogens (tertiary/aromatic N) is 2. The van der Waals surface area contributed by atoms with Crippen molar-refractivity contribution in [2.45, 2.75) is 13.1 Å². The van der Waals surface area contributed by atoms with Crippen LogP contribution in [0.2, 0.25) is 0 Å². The number of halogens is 3. The first-order valence-electron chi connectivity index (χ1n) is 7.90. The molecule has 0 atom stereocenters. The molecule has 8 heteroatoms. The quantitative estimate of drug-likeness (QED) is 0.759. The van der Waals surface area contributed by atoms with Gasteiger partial charge in [-0.1, -0.05) is 29.8 Å². The molecule has 0 radical (unpaired) electrons. The maximum atomic E-state index is 13.1. The van der Waals surface area contributed by atoms with E-state index < -0.39 is 34.5 Å². The van der Waals surface area contributed by atoms with Gasteiger partial charge in [0.15, 0.2) is 5.69 Å². The lowest BCUT2D eigenvalue weighted by Crippen LogP contribution is -2.26. The molecule has 0 aliphatic carbocycles. The zero-order chi connectivity index (χ0) is 19.6. The number of carbonyl (C=O) groups excluding carboxylic acids is 1. The van der Waals surface area contributed by atoms with Crippen LogP contribution in [0.3, 0.4) is 0 Å². The van der Waals surface area contributed by atoms with Crippen molar-refractivity contribution >= 4 is 11.6 Å². The molecule has 1 heterocycles. The number of amides is 1. The van der Waals surface area contributed by atoms with Gasteiger partial charge in [-0.05, 0) is 31.2 Å². The number of benzene rings is 2. The van der Waals surface area contributed by atoms with E-state index in [1.54, 1.807) is 12.1 Å². The number of hydrogen-bond donors (Lipinski definition) is 1. The van der Waals surface area contributed by atoms with Gasteiger partial charge in [0.25, 0.3) is 5.91 Å². The Bertz CT molecular complexity index is 1040. The van der Waals surface area contributed by atoms with Crippen molar-refractivity contribution in [1.82, 2.24) is 9.78 Å². The summed E-state index contributed by atoms with van der Waals surface area (Å²) in [5.41, 5.74) is -1.03. The van der Waals surface area contributed by atoms with Crippen molar-refractivity contribution < 1.29 is 18.0 Å². The highest BCUT2D eigenvalue weighted by Gasteiger charge is 2.33. The molecule has 0 aliphatic rings. The molecule has 3 aromatic rings. The summed E-state index contributed by atoms with van der Waals surface area (Å²) in [5, 5.41) is 6.10. The predicted molar refractivity (Wildman–Crippen MR) is 94.0 cm³/mol. The summed E-state index contributed by atoms with van der Waals surface area (Å²) in [6, 6.07) is 12.8. The Morgan fingerprint density at radius 3 is 2.37 bits per heavy atom. The molecule has 1 aromatic heterocycles. The molecule has 1 amide bonds. The molecule has 0 bridgehead atoms. The number of aromatic nitrogens is 2. The molecule has 0 spiro atoms. The smallest absolute Gasteiger partial charge is 0.320 e. The van der Waals surface area contributed by atoms with Gasteiger partial charge in [-0.2, -0.15) is 18.3 Å². The summed E-state index contributed by atoms with van der Waals surface area (Å²) in [4.78, 5) is 24.4. The third-order valence-electron chi connectivity index (χ3n) is 3.80. The molecule has 1 N–H and O–H groups in total. The van der Waals surface area contributed by atoms with Crippen LogP contribution < -0.4 is 10.7 Å². The van der Waals surface area contributed by atoms with Gasteiger partial charge in [-0.15, -0.1) is 0 Å². The van der Waals surface area contributed by atoms with Crippen molar-refractivity contribution in [2.75, 3.05) is 5.32 Å². The topological polar surface area (TPSA) is 64.0 Å². The Kier molecular flexibility index (Phi) is 4.81. The fraction of sp³-hybridized carbons (Fsp3) is 0.105. The van der Waals surface area contributed by atoms with E-state index in [1.807, 2.05) is 19.1 Å². The average Bonchev–Trinajstić information content (AvgIpc) is 2.62. The summed E-state index contributed by atoms with van der Waals surface area (Å²) in [6.07, 6.45) is -3.26. The molecule has 0 fully saturated rings. The first-order chi connectivity index (χ1) is 12.8. The van der Waals surface area contributed by atoms with E-state index in [0.29, 0.717) is 5.69 Å². The second-order valence-corrected chi connectivity index (χ2v) is 5.81. The van der Waals surface area contributed by atoms with Crippen molar-refractivity contribution in [3.8, 4) is 5.69 Å². The Labute approximate surface area is 152 Å². The number of nitrogens with one attached hydrogen (secondary N) is 1. The number of rotatable bonds is 3. The van der Waals surface area contributed by atoms with Gasteiger partial charge < -0.3 is 5.32 Å². The average molecular weight is 373 g/mol. The number of aryl methyl sites for hydroxylation is 1. The van der Waals surface area contributed by atoms with Gasteiger partial charge in [0, 0.05) is 12.3 Å². The zero-order valence-electron chi connectivity index (χ0n) is 14.1.